The lowest BCUT2D eigenvalue weighted by Gasteiger charge is -2.06. The van der Waals surface area contributed by atoms with E-state index in [1.54, 1.807) is 7.11 Å². The number of benzene rings is 1. The fourth-order valence-corrected chi connectivity index (χ4v) is 1.46. The first-order valence-corrected chi connectivity index (χ1v) is 4.77. The van der Waals surface area contributed by atoms with Crippen molar-refractivity contribution >= 4 is 17.2 Å². The van der Waals surface area contributed by atoms with E-state index >= 15 is 0 Å². The summed E-state index contributed by atoms with van der Waals surface area (Å²) >= 11 is 5.99. The van der Waals surface area contributed by atoms with Gasteiger partial charge in [-0.15, -0.1) is 0 Å². The smallest absolute Gasteiger partial charge is 0.137 e. The summed E-state index contributed by atoms with van der Waals surface area (Å²) in [5.41, 5.74) is 7.62. The molecule has 1 aromatic carbocycles. The van der Waals surface area contributed by atoms with Crippen LogP contribution in [0.25, 0.3) is 5.57 Å². The molecule has 0 radical (unpaired) electrons. The highest BCUT2D eigenvalue weighted by molar-refractivity contribution is 6.32. The molecule has 0 aliphatic carbocycles. The Morgan fingerprint density at radius 1 is 1.57 bits per heavy atom. The molecule has 0 unspecified atom stereocenters. The summed E-state index contributed by atoms with van der Waals surface area (Å²) in [6.45, 7) is 2.54. The van der Waals surface area contributed by atoms with Crippen LogP contribution in [0.4, 0.5) is 0 Å². The van der Waals surface area contributed by atoms with Gasteiger partial charge in [-0.3, -0.25) is 0 Å². The molecule has 0 spiro atoms. The van der Waals surface area contributed by atoms with E-state index in [2.05, 4.69) is 0 Å². The zero-order valence-corrected chi connectivity index (χ0v) is 9.14. The van der Waals surface area contributed by atoms with Crippen molar-refractivity contribution in [2.24, 2.45) is 5.73 Å². The number of nitrogens with two attached hydrogens (primary N) is 1. The molecular formula is C11H14ClNO. The number of allylic oxidation sites excluding steroid dienone is 1. The van der Waals surface area contributed by atoms with Crippen molar-refractivity contribution in [1.82, 2.24) is 0 Å². The Hall–Kier alpha value is -0.990. The second-order valence-electron chi connectivity index (χ2n) is 2.97. The maximum absolute atomic E-state index is 5.99. The molecule has 1 aromatic rings. The Balaban J connectivity index is 3.02. The van der Waals surface area contributed by atoms with Crippen molar-refractivity contribution in [3.63, 3.8) is 0 Å². The van der Waals surface area contributed by atoms with Crippen molar-refractivity contribution in [3.8, 4) is 5.75 Å². The van der Waals surface area contributed by atoms with Crippen molar-refractivity contribution in [1.29, 1.82) is 0 Å². The first-order chi connectivity index (χ1) is 6.69. The van der Waals surface area contributed by atoms with Gasteiger partial charge in [0.1, 0.15) is 5.75 Å². The van der Waals surface area contributed by atoms with Crippen LogP contribution in [0.15, 0.2) is 24.3 Å². The number of ether oxygens (including phenoxy) is 1. The average molecular weight is 212 g/mol. The van der Waals surface area contributed by atoms with Crippen LogP contribution in [0, 0.1) is 0 Å². The lowest BCUT2D eigenvalue weighted by Crippen LogP contribution is -1.94. The van der Waals surface area contributed by atoms with Gasteiger partial charge in [0.15, 0.2) is 0 Å². The van der Waals surface area contributed by atoms with E-state index in [1.165, 1.54) is 0 Å². The lowest BCUT2D eigenvalue weighted by atomic mass is 10.1. The summed E-state index contributed by atoms with van der Waals surface area (Å²) in [5, 5.41) is 0.620. The Labute approximate surface area is 89.3 Å². The molecule has 0 aromatic heterocycles. The van der Waals surface area contributed by atoms with Gasteiger partial charge >= 0.3 is 0 Å². The molecule has 76 valence electrons. The molecule has 0 amide bonds. The largest absolute Gasteiger partial charge is 0.495 e. The summed E-state index contributed by atoms with van der Waals surface area (Å²) in [7, 11) is 1.60. The van der Waals surface area contributed by atoms with Gasteiger partial charge in [-0.2, -0.15) is 0 Å². The molecule has 1 rings (SSSR count). The van der Waals surface area contributed by atoms with Crippen molar-refractivity contribution in [2.45, 2.75) is 6.92 Å². The van der Waals surface area contributed by atoms with Gasteiger partial charge in [-0.25, -0.2) is 0 Å². The molecule has 0 aliphatic heterocycles. The van der Waals surface area contributed by atoms with Gasteiger partial charge in [0.25, 0.3) is 0 Å². The van der Waals surface area contributed by atoms with Gasteiger partial charge in [-0.1, -0.05) is 23.7 Å². The Kier molecular flexibility index (Phi) is 3.98. The molecular weight excluding hydrogens is 198 g/mol. The van der Waals surface area contributed by atoms with Crippen LogP contribution in [0.2, 0.25) is 5.02 Å². The quantitative estimate of drug-likeness (QED) is 0.835. The number of hydrogen-bond donors (Lipinski definition) is 1. The first-order valence-electron chi connectivity index (χ1n) is 4.39. The Morgan fingerprint density at radius 2 is 2.29 bits per heavy atom. The molecule has 2 N–H and O–H groups in total. The molecule has 0 saturated carbocycles. The topological polar surface area (TPSA) is 35.2 Å². The van der Waals surface area contributed by atoms with Gasteiger partial charge < -0.3 is 10.5 Å². The van der Waals surface area contributed by atoms with Crippen molar-refractivity contribution in [2.75, 3.05) is 13.7 Å². The van der Waals surface area contributed by atoms with Crippen LogP contribution >= 0.6 is 11.6 Å². The highest BCUT2D eigenvalue weighted by atomic mass is 35.5. The summed E-state index contributed by atoms with van der Waals surface area (Å²) in [6.07, 6.45) is 1.96. The van der Waals surface area contributed by atoms with Gasteiger partial charge in [0, 0.05) is 6.54 Å². The minimum absolute atomic E-state index is 0.537. The fourth-order valence-electron chi connectivity index (χ4n) is 1.21. The van der Waals surface area contributed by atoms with E-state index < -0.39 is 0 Å². The number of rotatable bonds is 3. The number of hydrogen-bond acceptors (Lipinski definition) is 2. The predicted molar refractivity (Wildman–Crippen MR) is 60.7 cm³/mol. The SMILES string of the molecule is COc1ccc(/C(C)=C/CN)cc1Cl. The van der Waals surface area contributed by atoms with Crippen LogP contribution < -0.4 is 10.5 Å². The van der Waals surface area contributed by atoms with Crippen LogP contribution in [0.1, 0.15) is 12.5 Å². The van der Waals surface area contributed by atoms with E-state index in [0.29, 0.717) is 17.3 Å². The van der Waals surface area contributed by atoms with Crippen LogP contribution in [0.3, 0.4) is 0 Å². The van der Waals surface area contributed by atoms with E-state index in [9.17, 15) is 0 Å². The molecule has 0 bridgehead atoms. The standard InChI is InChI=1S/C11H14ClNO/c1-8(5-6-13)9-3-4-11(14-2)10(12)7-9/h3-5,7H,6,13H2,1-2H3/b8-5+. The number of methoxy groups -OCH3 is 1. The van der Waals surface area contributed by atoms with Crippen molar-refractivity contribution < 1.29 is 4.74 Å². The van der Waals surface area contributed by atoms with Crippen LogP contribution in [0.5, 0.6) is 5.75 Å². The highest BCUT2D eigenvalue weighted by Gasteiger charge is 2.02. The van der Waals surface area contributed by atoms with Gasteiger partial charge in [0.05, 0.1) is 12.1 Å². The summed E-state index contributed by atoms with van der Waals surface area (Å²) in [5.74, 6) is 0.691. The molecule has 0 fully saturated rings. The summed E-state index contributed by atoms with van der Waals surface area (Å²) in [4.78, 5) is 0. The zero-order valence-electron chi connectivity index (χ0n) is 8.38. The fraction of sp³-hybridized carbons (Fsp3) is 0.273. The van der Waals surface area contributed by atoms with Crippen LogP contribution in [-0.4, -0.2) is 13.7 Å². The average Bonchev–Trinajstić information content (AvgIpc) is 2.18. The number of halogens is 1. The van der Waals surface area contributed by atoms with Crippen molar-refractivity contribution in [3.05, 3.63) is 34.9 Å². The van der Waals surface area contributed by atoms with E-state index in [4.69, 9.17) is 22.1 Å². The molecule has 2 nitrogen and oxygen atoms in total. The minimum Gasteiger partial charge on any atom is -0.495 e. The van der Waals surface area contributed by atoms with Gasteiger partial charge in [-0.05, 0) is 30.2 Å². The molecule has 0 atom stereocenters. The Morgan fingerprint density at radius 3 is 2.79 bits per heavy atom. The second kappa shape index (κ2) is 5.03. The van der Waals surface area contributed by atoms with E-state index in [1.807, 2.05) is 31.2 Å². The predicted octanol–water partition coefficient (Wildman–Crippen LogP) is 2.71. The maximum atomic E-state index is 5.99. The van der Waals surface area contributed by atoms with E-state index in [-0.39, 0.29) is 0 Å². The highest BCUT2D eigenvalue weighted by Crippen LogP contribution is 2.27. The minimum atomic E-state index is 0.537. The lowest BCUT2D eigenvalue weighted by molar-refractivity contribution is 0.415. The summed E-state index contributed by atoms with van der Waals surface area (Å²) in [6, 6.07) is 5.69. The monoisotopic (exact) mass is 211 g/mol. The molecule has 0 saturated heterocycles. The third kappa shape index (κ3) is 2.50. The molecule has 0 aliphatic rings. The third-order valence-corrected chi connectivity index (χ3v) is 2.33. The Bertz CT molecular complexity index is 347. The zero-order chi connectivity index (χ0) is 10.6. The second-order valence-corrected chi connectivity index (χ2v) is 3.38. The van der Waals surface area contributed by atoms with E-state index in [0.717, 1.165) is 11.1 Å². The molecule has 3 heteroatoms. The normalized spacial score (nSPS) is 11.6. The third-order valence-electron chi connectivity index (χ3n) is 2.03. The summed E-state index contributed by atoms with van der Waals surface area (Å²) < 4.78 is 5.06. The molecule has 0 heterocycles. The first kappa shape index (κ1) is 11.1. The van der Waals surface area contributed by atoms with Gasteiger partial charge in [0.2, 0.25) is 0 Å². The molecule has 14 heavy (non-hydrogen) atoms. The van der Waals surface area contributed by atoms with Crippen LogP contribution in [-0.2, 0) is 0 Å². The maximum Gasteiger partial charge on any atom is 0.137 e.